The van der Waals surface area contributed by atoms with Crippen molar-refractivity contribution < 1.29 is 19.4 Å². The maximum atomic E-state index is 15.2. The van der Waals surface area contributed by atoms with E-state index in [0.29, 0.717) is 24.7 Å². The van der Waals surface area contributed by atoms with E-state index in [1.807, 2.05) is 4.90 Å². The number of anilines is 1. The van der Waals surface area contributed by atoms with Crippen LogP contribution < -0.4 is 16.1 Å². The van der Waals surface area contributed by atoms with E-state index in [0.717, 1.165) is 25.3 Å². The summed E-state index contributed by atoms with van der Waals surface area (Å²) in [4.78, 5) is 30.8. The number of phenols is 1. The van der Waals surface area contributed by atoms with Crippen LogP contribution in [0.2, 0.25) is 0 Å². The highest BCUT2D eigenvalue weighted by Gasteiger charge is 2.40. The summed E-state index contributed by atoms with van der Waals surface area (Å²) in [6.45, 7) is 1.24. The number of carbonyl (C=O) groups is 1. The standard InChI is InChI=1S/C23H23FN4O4/c24-18-8-15-20(30)17(23(31)32)11-28(13-4-6-14(29)7-5-13)21(15)26-22(18)27-9-12-2-1-3-19(25)16(12)10-27/h4-8,11-12,16,19,29H,1-3,9-10,25H2,(H,31,32)/t12-,16+,19-/m1/s1. The van der Waals surface area contributed by atoms with Gasteiger partial charge in [0.05, 0.1) is 5.39 Å². The zero-order chi connectivity index (χ0) is 22.6. The van der Waals surface area contributed by atoms with Gasteiger partial charge in [0.25, 0.3) is 0 Å². The zero-order valence-electron chi connectivity index (χ0n) is 17.2. The van der Waals surface area contributed by atoms with E-state index < -0.39 is 22.8 Å². The number of nitrogens with zero attached hydrogens (tertiary/aromatic N) is 3. The molecule has 0 amide bonds. The number of aromatic carboxylic acids is 1. The van der Waals surface area contributed by atoms with Gasteiger partial charge in [0.1, 0.15) is 11.3 Å². The summed E-state index contributed by atoms with van der Waals surface area (Å²) >= 11 is 0. The molecule has 0 bridgehead atoms. The molecular weight excluding hydrogens is 415 g/mol. The van der Waals surface area contributed by atoms with Crippen LogP contribution in [0.3, 0.4) is 0 Å². The third kappa shape index (κ3) is 3.29. The molecule has 0 spiro atoms. The van der Waals surface area contributed by atoms with Gasteiger partial charge in [-0.25, -0.2) is 14.2 Å². The maximum absolute atomic E-state index is 15.2. The highest BCUT2D eigenvalue weighted by atomic mass is 19.1. The summed E-state index contributed by atoms with van der Waals surface area (Å²) in [7, 11) is 0. The first-order chi connectivity index (χ1) is 15.3. The van der Waals surface area contributed by atoms with E-state index in [-0.39, 0.29) is 34.6 Å². The van der Waals surface area contributed by atoms with Gasteiger partial charge in [-0.3, -0.25) is 4.79 Å². The van der Waals surface area contributed by atoms with E-state index in [4.69, 9.17) is 5.73 Å². The molecule has 1 aliphatic carbocycles. The average Bonchev–Trinajstić information content (AvgIpc) is 3.20. The minimum absolute atomic E-state index is 0.0354. The van der Waals surface area contributed by atoms with Gasteiger partial charge in [-0.1, -0.05) is 6.42 Å². The van der Waals surface area contributed by atoms with Gasteiger partial charge >= 0.3 is 5.97 Å². The number of hydrogen-bond acceptors (Lipinski definition) is 6. The smallest absolute Gasteiger partial charge is 0.341 e. The van der Waals surface area contributed by atoms with Crippen molar-refractivity contribution in [2.45, 2.75) is 25.3 Å². The first kappa shape index (κ1) is 20.4. The SMILES string of the molecule is N[C@@H]1CCC[C@@H]2CN(c3nc4c(cc3F)c(=O)c(C(=O)O)cn4-c3ccc(O)cc3)C[C@@H]21. The number of benzene rings is 1. The lowest BCUT2D eigenvalue weighted by Gasteiger charge is -2.29. The Morgan fingerprint density at radius 3 is 2.62 bits per heavy atom. The van der Waals surface area contributed by atoms with Crippen LogP contribution in [-0.4, -0.2) is 44.9 Å². The van der Waals surface area contributed by atoms with Crippen molar-refractivity contribution in [3.05, 3.63) is 58.1 Å². The predicted octanol–water partition coefficient (Wildman–Crippen LogP) is 2.49. The minimum Gasteiger partial charge on any atom is -0.508 e. The van der Waals surface area contributed by atoms with Crippen LogP contribution in [0.5, 0.6) is 5.75 Å². The summed E-state index contributed by atoms with van der Waals surface area (Å²) in [6, 6.07) is 7.17. The van der Waals surface area contributed by atoms with Crippen molar-refractivity contribution in [3.63, 3.8) is 0 Å². The van der Waals surface area contributed by atoms with Crippen LogP contribution in [0.4, 0.5) is 10.2 Å². The molecule has 9 heteroatoms. The maximum Gasteiger partial charge on any atom is 0.341 e. The first-order valence-corrected chi connectivity index (χ1v) is 10.6. The molecule has 1 aliphatic heterocycles. The predicted molar refractivity (Wildman–Crippen MR) is 117 cm³/mol. The second-order valence-corrected chi connectivity index (χ2v) is 8.65. The van der Waals surface area contributed by atoms with Gasteiger partial charge < -0.3 is 25.4 Å². The molecule has 166 valence electrons. The molecule has 0 radical (unpaired) electrons. The summed E-state index contributed by atoms with van der Waals surface area (Å²) in [5.74, 6) is -1.26. The second kappa shape index (κ2) is 7.59. The lowest BCUT2D eigenvalue weighted by atomic mass is 9.78. The molecule has 3 heterocycles. The zero-order valence-corrected chi connectivity index (χ0v) is 17.2. The molecule has 2 aromatic heterocycles. The average molecular weight is 438 g/mol. The van der Waals surface area contributed by atoms with Gasteiger partial charge in [-0.05, 0) is 55.0 Å². The van der Waals surface area contributed by atoms with E-state index in [2.05, 4.69) is 4.98 Å². The molecule has 0 unspecified atom stereocenters. The van der Waals surface area contributed by atoms with Gasteiger partial charge in [-0.15, -0.1) is 0 Å². The summed E-state index contributed by atoms with van der Waals surface area (Å²) in [6.07, 6.45) is 4.25. The van der Waals surface area contributed by atoms with Crippen molar-refractivity contribution in [3.8, 4) is 11.4 Å². The highest BCUT2D eigenvalue weighted by molar-refractivity contribution is 5.92. The molecular formula is C23H23FN4O4. The number of aromatic nitrogens is 2. The highest BCUT2D eigenvalue weighted by Crippen LogP contribution is 2.38. The topological polar surface area (TPSA) is 122 Å². The molecule has 4 N–H and O–H groups in total. The van der Waals surface area contributed by atoms with Gasteiger partial charge in [-0.2, -0.15) is 0 Å². The molecule has 3 atom stereocenters. The van der Waals surface area contributed by atoms with E-state index in [9.17, 15) is 19.8 Å². The molecule has 1 saturated heterocycles. The lowest BCUT2D eigenvalue weighted by molar-refractivity contribution is 0.0695. The Hall–Kier alpha value is -3.46. The van der Waals surface area contributed by atoms with Crippen LogP contribution >= 0.6 is 0 Å². The van der Waals surface area contributed by atoms with E-state index >= 15 is 4.39 Å². The Balaban J connectivity index is 1.69. The van der Waals surface area contributed by atoms with Crippen molar-refractivity contribution in [2.75, 3.05) is 18.0 Å². The second-order valence-electron chi connectivity index (χ2n) is 8.65. The molecule has 3 aromatic rings. The van der Waals surface area contributed by atoms with Crippen LogP contribution in [0.15, 0.2) is 41.3 Å². The molecule has 1 aromatic carbocycles. The quantitative estimate of drug-likeness (QED) is 0.574. The largest absolute Gasteiger partial charge is 0.508 e. The lowest BCUT2D eigenvalue weighted by Crippen LogP contribution is -2.38. The third-order valence-electron chi connectivity index (χ3n) is 6.72. The summed E-state index contributed by atoms with van der Waals surface area (Å²) in [5, 5.41) is 19.0. The van der Waals surface area contributed by atoms with Crippen LogP contribution in [-0.2, 0) is 0 Å². The van der Waals surface area contributed by atoms with Crippen LogP contribution in [0, 0.1) is 17.7 Å². The Morgan fingerprint density at radius 1 is 1.19 bits per heavy atom. The number of pyridine rings is 2. The Morgan fingerprint density at radius 2 is 1.94 bits per heavy atom. The Kier molecular flexibility index (Phi) is 4.85. The van der Waals surface area contributed by atoms with Crippen LogP contribution in [0.25, 0.3) is 16.7 Å². The van der Waals surface area contributed by atoms with Crippen molar-refractivity contribution in [1.82, 2.24) is 9.55 Å². The fourth-order valence-electron chi connectivity index (χ4n) is 5.09. The minimum atomic E-state index is -1.41. The number of nitrogens with two attached hydrogens (primary N) is 1. The van der Waals surface area contributed by atoms with Gasteiger partial charge in [0, 0.05) is 31.0 Å². The summed E-state index contributed by atoms with van der Waals surface area (Å²) < 4.78 is 16.6. The van der Waals surface area contributed by atoms with Gasteiger partial charge in [0.2, 0.25) is 5.43 Å². The number of carboxylic acid groups (broad SMARTS) is 1. The number of phenolic OH excluding ortho intramolecular Hbond substituents is 1. The number of hydrogen-bond donors (Lipinski definition) is 3. The molecule has 2 aliphatic rings. The van der Waals surface area contributed by atoms with Gasteiger partial charge in [0.15, 0.2) is 17.3 Å². The normalized spacial score (nSPS) is 22.8. The Labute approximate surface area is 182 Å². The molecule has 32 heavy (non-hydrogen) atoms. The number of fused-ring (bicyclic) bond motifs is 2. The molecule has 5 rings (SSSR count). The van der Waals surface area contributed by atoms with E-state index in [1.165, 1.54) is 22.9 Å². The van der Waals surface area contributed by atoms with Crippen molar-refractivity contribution in [2.24, 2.45) is 17.6 Å². The van der Waals surface area contributed by atoms with E-state index in [1.54, 1.807) is 12.1 Å². The van der Waals surface area contributed by atoms with Crippen molar-refractivity contribution in [1.29, 1.82) is 0 Å². The number of carboxylic acids is 1. The number of halogens is 1. The fraction of sp³-hybridized carbons (Fsp3) is 0.348. The Bertz CT molecular complexity index is 1270. The number of rotatable bonds is 3. The summed E-state index contributed by atoms with van der Waals surface area (Å²) in [5.41, 5.74) is 5.66. The molecule has 8 nitrogen and oxygen atoms in total. The fourth-order valence-corrected chi connectivity index (χ4v) is 5.09. The molecule has 2 fully saturated rings. The van der Waals surface area contributed by atoms with Crippen LogP contribution in [0.1, 0.15) is 29.6 Å². The first-order valence-electron chi connectivity index (χ1n) is 10.6. The molecule has 1 saturated carbocycles. The van der Waals surface area contributed by atoms with Crippen molar-refractivity contribution >= 4 is 22.8 Å². The third-order valence-corrected chi connectivity index (χ3v) is 6.72. The monoisotopic (exact) mass is 438 g/mol. The number of aromatic hydroxyl groups is 1.